The normalized spacial score (nSPS) is 25.1. The predicted octanol–water partition coefficient (Wildman–Crippen LogP) is 1.37. The Balaban J connectivity index is 1.91. The summed E-state index contributed by atoms with van der Waals surface area (Å²) in [5.74, 6) is 0.685. The van der Waals surface area contributed by atoms with Crippen LogP contribution < -0.4 is 5.73 Å². The quantitative estimate of drug-likeness (QED) is 0.621. The Hall–Kier alpha value is -0.810. The Bertz CT molecular complexity index is 293. The number of guanidine groups is 1. The van der Waals surface area contributed by atoms with Gasteiger partial charge in [-0.05, 0) is 12.8 Å². The lowest BCUT2D eigenvalue weighted by atomic mass is 9.94. The number of hydrogen-bond donors (Lipinski definition) is 1. The van der Waals surface area contributed by atoms with Crippen LogP contribution >= 0.6 is 0 Å². The Kier molecular flexibility index (Phi) is 5.45. The second-order valence-electron chi connectivity index (χ2n) is 5.58. The third-order valence-electron chi connectivity index (χ3n) is 4.30. The van der Waals surface area contributed by atoms with Crippen LogP contribution in [0.4, 0.5) is 0 Å². The fourth-order valence-electron chi connectivity index (χ4n) is 2.80. The van der Waals surface area contributed by atoms with Crippen molar-refractivity contribution in [2.45, 2.75) is 44.1 Å². The molecule has 0 atom stereocenters. The fraction of sp³-hybridized carbons (Fsp3) is 0.929. The van der Waals surface area contributed by atoms with Gasteiger partial charge in [0.25, 0.3) is 0 Å². The molecule has 0 aromatic heterocycles. The van der Waals surface area contributed by atoms with Crippen LogP contribution in [0, 0.1) is 0 Å². The minimum atomic E-state index is -0.172. The second-order valence-corrected chi connectivity index (χ2v) is 5.58. The topological polar surface area (TPSA) is 60.1 Å². The molecule has 0 aliphatic carbocycles. The monoisotopic (exact) mass is 269 g/mol. The van der Waals surface area contributed by atoms with Crippen LogP contribution in [0.1, 0.15) is 38.5 Å². The Morgan fingerprint density at radius 2 is 1.84 bits per heavy atom. The molecule has 2 heterocycles. The van der Waals surface area contributed by atoms with E-state index in [9.17, 15) is 0 Å². The highest BCUT2D eigenvalue weighted by Gasteiger charge is 2.32. The van der Waals surface area contributed by atoms with Gasteiger partial charge in [0.15, 0.2) is 5.96 Å². The zero-order valence-electron chi connectivity index (χ0n) is 12.1. The van der Waals surface area contributed by atoms with Gasteiger partial charge in [-0.15, -0.1) is 0 Å². The average Bonchev–Trinajstić information content (AvgIpc) is 2.75. The molecule has 0 unspecified atom stereocenters. The van der Waals surface area contributed by atoms with Gasteiger partial charge in [-0.25, -0.2) is 0 Å². The maximum absolute atomic E-state index is 6.14. The van der Waals surface area contributed by atoms with Crippen molar-refractivity contribution in [2.24, 2.45) is 10.7 Å². The van der Waals surface area contributed by atoms with Crippen molar-refractivity contribution in [2.75, 3.05) is 40.0 Å². The van der Waals surface area contributed by atoms with Gasteiger partial charge in [-0.3, -0.25) is 4.99 Å². The Labute approximate surface area is 116 Å². The molecule has 0 radical (unpaired) electrons. The second kappa shape index (κ2) is 7.10. The van der Waals surface area contributed by atoms with Gasteiger partial charge in [0.05, 0.1) is 12.1 Å². The van der Waals surface area contributed by atoms with Crippen LogP contribution in [-0.4, -0.2) is 56.4 Å². The van der Waals surface area contributed by atoms with E-state index in [2.05, 4.69) is 9.89 Å². The smallest absolute Gasteiger partial charge is 0.191 e. The molecule has 0 aromatic carbocycles. The molecular weight excluding hydrogens is 242 g/mol. The largest absolute Gasteiger partial charge is 0.381 e. The lowest BCUT2D eigenvalue weighted by Crippen LogP contribution is -2.43. The van der Waals surface area contributed by atoms with E-state index < -0.39 is 0 Å². The first-order valence-corrected chi connectivity index (χ1v) is 7.43. The highest BCUT2D eigenvalue weighted by atomic mass is 16.5. The van der Waals surface area contributed by atoms with E-state index >= 15 is 0 Å². The minimum absolute atomic E-state index is 0.172. The van der Waals surface area contributed by atoms with E-state index in [-0.39, 0.29) is 5.60 Å². The zero-order chi connectivity index (χ0) is 13.6. The SMILES string of the molecule is COC1(CN=C(N)N2CCCCCC2)CCOCC1. The summed E-state index contributed by atoms with van der Waals surface area (Å²) in [6, 6.07) is 0. The van der Waals surface area contributed by atoms with E-state index in [4.69, 9.17) is 15.2 Å². The van der Waals surface area contributed by atoms with Gasteiger partial charge in [0, 0.05) is 46.3 Å². The van der Waals surface area contributed by atoms with Crippen LogP contribution in [0.5, 0.6) is 0 Å². The predicted molar refractivity (Wildman–Crippen MR) is 76.3 cm³/mol. The molecule has 19 heavy (non-hydrogen) atoms. The van der Waals surface area contributed by atoms with Crippen molar-refractivity contribution in [3.8, 4) is 0 Å². The van der Waals surface area contributed by atoms with Crippen LogP contribution in [-0.2, 0) is 9.47 Å². The van der Waals surface area contributed by atoms with Gasteiger partial charge in [0.2, 0.25) is 0 Å². The van der Waals surface area contributed by atoms with Gasteiger partial charge in [-0.2, -0.15) is 0 Å². The van der Waals surface area contributed by atoms with Gasteiger partial charge in [0.1, 0.15) is 0 Å². The lowest BCUT2D eigenvalue weighted by molar-refractivity contribution is -0.0829. The maximum Gasteiger partial charge on any atom is 0.191 e. The van der Waals surface area contributed by atoms with Crippen molar-refractivity contribution in [1.82, 2.24) is 4.90 Å². The molecule has 110 valence electrons. The molecule has 0 spiro atoms. The number of nitrogens with two attached hydrogens (primary N) is 1. The Morgan fingerprint density at radius 1 is 1.21 bits per heavy atom. The van der Waals surface area contributed by atoms with Crippen LogP contribution in [0.2, 0.25) is 0 Å². The number of ether oxygens (including phenoxy) is 2. The summed E-state index contributed by atoms with van der Waals surface area (Å²) in [4.78, 5) is 6.81. The van der Waals surface area contributed by atoms with Crippen molar-refractivity contribution in [3.63, 3.8) is 0 Å². The maximum atomic E-state index is 6.14. The third kappa shape index (κ3) is 4.08. The van der Waals surface area contributed by atoms with E-state index in [0.29, 0.717) is 12.5 Å². The first kappa shape index (κ1) is 14.6. The number of nitrogens with zero attached hydrogens (tertiary/aromatic N) is 2. The molecule has 2 aliphatic rings. The van der Waals surface area contributed by atoms with Crippen molar-refractivity contribution < 1.29 is 9.47 Å². The summed E-state index contributed by atoms with van der Waals surface area (Å²) in [7, 11) is 1.77. The van der Waals surface area contributed by atoms with Crippen molar-refractivity contribution in [1.29, 1.82) is 0 Å². The zero-order valence-corrected chi connectivity index (χ0v) is 12.1. The summed E-state index contributed by atoms with van der Waals surface area (Å²) in [5, 5.41) is 0. The standard InChI is InChI=1S/C14H27N3O2/c1-18-14(6-10-19-11-7-14)12-16-13(15)17-8-4-2-3-5-9-17/h2-12H2,1H3,(H2,15,16). The molecule has 0 aromatic rings. The highest BCUT2D eigenvalue weighted by molar-refractivity contribution is 5.78. The molecule has 2 rings (SSSR count). The molecule has 2 N–H and O–H groups in total. The summed E-state index contributed by atoms with van der Waals surface area (Å²) in [6.07, 6.45) is 6.87. The summed E-state index contributed by atoms with van der Waals surface area (Å²) >= 11 is 0. The first-order chi connectivity index (χ1) is 9.26. The van der Waals surface area contributed by atoms with E-state index in [1.165, 1.54) is 25.7 Å². The molecule has 0 saturated carbocycles. The number of likely N-dealkylation sites (tertiary alicyclic amines) is 1. The molecule has 2 fully saturated rings. The molecule has 5 heteroatoms. The summed E-state index contributed by atoms with van der Waals surface area (Å²) in [6.45, 7) is 4.24. The highest BCUT2D eigenvalue weighted by Crippen LogP contribution is 2.24. The van der Waals surface area contributed by atoms with E-state index in [0.717, 1.165) is 39.1 Å². The number of aliphatic imine (C=N–C) groups is 1. The molecular formula is C14H27N3O2. The molecule has 0 bridgehead atoms. The van der Waals surface area contributed by atoms with Crippen molar-refractivity contribution in [3.05, 3.63) is 0 Å². The van der Waals surface area contributed by atoms with E-state index in [1.54, 1.807) is 7.11 Å². The number of rotatable bonds is 3. The number of methoxy groups -OCH3 is 1. The first-order valence-electron chi connectivity index (χ1n) is 7.43. The summed E-state index contributed by atoms with van der Waals surface area (Å²) < 4.78 is 11.1. The van der Waals surface area contributed by atoms with E-state index in [1.807, 2.05) is 0 Å². The summed E-state index contributed by atoms with van der Waals surface area (Å²) in [5.41, 5.74) is 5.97. The average molecular weight is 269 g/mol. The molecule has 2 aliphatic heterocycles. The fourth-order valence-corrected chi connectivity index (χ4v) is 2.80. The van der Waals surface area contributed by atoms with Crippen molar-refractivity contribution >= 4 is 5.96 Å². The lowest BCUT2D eigenvalue weighted by Gasteiger charge is -2.35. The van der Waals surface area contributed by atoms with Gasteiger partial charge in [-0.1, -0.05) is 12.8 Å². The molecule has 0 amide bonds. The van der Waals surface area contributed by atoms with Crippen LogP contribution in [0.25, 0.3) is 0 Å². The molecule has 2 saturated heterocycles. The van der Waals surface area contributed by atoms with Gasteiger partial charge >= 0.3 is 0 Å². The van der Waals surface area contributed by atoms with Gasteiger partial charge < -0.3 is 20.1 Å². The number of hydrogen-bond acceptors (Lipinski definition) is 3. The third-order valence-corrected chi connectivity index (χ3v) is 4.30. The minimum Gasteiger partial charge on any atom is -0.381 e. The molecule has 5 nitrogen and oxygen atoms in total. The van der Waals surface area contributed by atoms with Crippen LogP contribution in [0.3, 0.4) is 0 Å². The Morgan fingerprint density at radius 3 is 2.42 bits per heavy atom. The van der Waals surface area contributed by atoms with Crippen LogP contribution in [0.15, 0.2) is 4.99 Å².